The summed E-state index contributed by atoms with van der Waals surface area (Å²) in [6.45, 7) is 1.38. The smallest absolute Gasteiger partial charge is 0.261 e. The van der Waals surface area contributed by atoms with E-state index in [0.717, 1.165) is 17.9 Å². The van der Waals surface area contributed by atoms with E-state index in [1.165, 1.54) is 19.2 Å². The summed E-state index contributed by atoms with van der Waals surface area (Å²) in [4.78, 5) is 36.6. The largest absolute Gasteiger partial charge is 0.352 e. The fourth-order valence-electron chi connectivity index (χ4n) is 2.07. The predicted octanol–water partition coefficient (Wildman–Crippen LogP) is 0.673. The highest BCUT2D eigenvalue weighted by molar-refractivity contribution is 6.21. The van der Waals surface area contributed by atoms with Crippen LogP contribution in [-0.4, -0.2) is 49.8 Å². The Balaban J connectivity index is 0.00000220. The Morgan fingerprint density at radius 1 is 1.14 bits per heavy atom. The summed E-state index contributed by atoms with van der Waals surface area (Å²) in [6, 6.07) is 4.57. The van der Waals surface area contributed by atoms with Crippen molar-refractivity contribution >= 4 is 30.1 Å². The summed E-state index contributed by atoms with van der Waals surface area (Å²) < 4.78 is 0. The standard InChI is InChI=1S/C14H17N3O3.ClH/c1-15-6-3-7-16-12(18)9-4-5-10-11(8-9)14(20)17(2)13(10)19;/h4-5,8,15H,3,6-7H2,1-2H3,(H,16,18);1H. The average molecular weight is 312 g/mol. The second-order valence-corrected chi connectivity index (χ2v) is 4.64. The predicted molar refractivity (Wildman–Crippen MR) is 81.0 cm³/mol. The molecule has 0 aliphatic carbocycles. The zero-order valence-corrected chi connectivity index (χ0v) is 12.8. The molecule has 21 heavy (non-hydrogen) atoms. The number of rotatable bonds is 5. The van der Waals surface area contributed by atoms with Crippen LogP contribution in [0.15, 0.2) is 18.2 Å². The van der Waals surface area contributed by atoms with Crippen molar-refractivity contribution in [1.82, 2.24) is 15.5 Å². The van der Waals surface area contributed by atoms with Crippen LogP contribution >= 0.6 is 12.4 Å². The molecule has 1 aliphatic heterocycles. The van der Waals surface area contributed by atoms with Crippen molar-refractivity contribution in [1.29, 1.82) is 0 Å². The molecule has 2 rings (SSSR count). The van der Waals surface area contributed by atoms with Gasteiger partial charge in [-0.05, 0) is 38.2 Å². The fraction of sp³-hybridized carbons (Fsp3) is 0.357. The molecule has 0 unspecified atom stereocenters. The summed E-state index contributed by atoms with van der Waals surface area (Å²) in [5.74, 6) is -0.931. The van der Waals surface area contributed by atoms with E-state index < -0.39 is 0 Å². The maximum Gasteiger partial charge on any atom is 0.261 e. The van der Waals surface area contributed by atoms with Crippen LogP contribution < -0.4 is 10.6 Å². The van der Waals surface area contributed by atoms with E-state index >= 15 is 0 Å². The zero-order chi connectivity index (χ0) is 14.7. The Labute approximate surface area is 129 Å². The summed E-state index contributed by atoms with van der Waals surface area (Å²) in [6.07, 6.45) is 0.827. The first-order valence-corrected chi connectivity index (χ1v) is 6.45. The Kier molecular flexibility index (Phi) is 5.87. The maximum absolute atomic E-state index is 11.9. The second kappa shape index (κ2) is 7.19. The lowest BCUT2D eigenvalue weighted by atomic mass is 10.1. The van der Waals surface area contributed by atoms with Gasteiger partial charge >= 0.3 is 0 Å². The van der Waals surface area contributed by atoms with Gasteiger partial charge in [0.05, 0.1) is 11.1 Å². The highest BCUT2D eigenvalue weighted by atomic mass is 35.5. The average Bonchev–Trinajstić information content (AvgIpc) is 2.68. The third-order valence-electron chi connectivity index (χ3n) is 3.24. The number of halogens is 1. The van der Waals surface area contributed by atoms with E-state index in [2.05, 4.69) is 10.6 Å². The van der Waals surface area contributed by atoms with Crippen LogP contribution in [0.3, 0.4) is 0 Å². The van der Waals surface area contributed by atoms with E-state index in [0.29, 0.717) is 23.2 Å². The van der Waals surface area contributed by atoms with Gasteiger partial charge in [0.2, 0.25) is 0 Å². The number of hydrogen-bond acceptors (Lipinski definition) is 4. The van der Waals surface area contributed by atoms with Crippen molar-refractivity contribution in [2.24, 2.45) is 0 Å². The molecule has 114 valence electrons. The molecule has 0 spiro atoms. The van der Waals surface area contributed by atoms with Crippen LogP contribution in [0.4, 0.5) is 0 Å². The molecule has 0 radical (unpaired) electrons. The van der Waals surface area contributed by atoms with Crippen LogP contribution in [0.5, 0.6) is 0 Å². The minimum absolute atomic E-state index is 0. The van der Waals surface area contributed by atoms with Crippen LogP contribution in [0.1, 0.15) is 37.5 Å². The van der Waals surface area contributed by atoms with Gasteiger partial charge in [-0.2, -0.15) is 0 Å². The molecule has 1 aromatic rings. The van der Waals surface area contributed by atoms with Crippen molar-refractivity contribution in [2.75, 3.05) is 27.2 Å². The monoisotopic (exact) mass is 311 g/mol. The normalized spacial score (nSPS) is 13.0. The topological polar surface area (TPSA) is 78.5 Å². The Morgan fingerprint density at radius 3 is 2.48 bits per heavy atom. The number of hydrogen-bond donors (Lipinski definition) is 2. The summed E-state index contributed by atoms with van der Waals surface area (Å²) >= 11 is 0. The van der Waals surface area contributed by atoms with Crippen LogP contribution in [0.25, 0.3) is 0 Å². The molecule has 0 bridgehead atoms. The minimum atomic E-state index is -0.366. The zero-order valence-electron chi connectivity index (χ0n) is 11.9. The molecule has 1 aliphatic rings. The van der Waals surface area contributed by atoms with Crippen molar-refractivity contribution in [3.63, 3.8) is 0 Å². The quantitative estimate of drug-likeness (QED) is 0.619. The van der Waals surface area contributed by atoms with E-state index in [4.69, 9.17) is 0 Å². The van der Waals surface area contributed by atoms with Crippen molar-refractivity contribution in [3.8, 4) is 0 Å². The molecule has 0 aromatic heterocycles. The van der Waals surface area contributed by atoms with Gasteiger partial charge < -0.3 is 10.6 Å². The number of carbonyl (C=O) groups is 3. The molecule has 6 nitrogen and oxygen atoms in total. The highest BCUT2D eigenvalue weighted by Gasteiger charge is 2.33. The van der Waals surface area contributed by atoms with E-state index in [9.17, 15) is 14.4 Å². The molecule has 1 heterocycles. The Bertz CT molecular complexity index is 575. The summed E-state index contributed by atoms with van der Waals surface area (Å²) in [7, 11) is 3.28. The molecule has 3 amide bonds. The van der Waals surface area contributed by atoms with Crippen molar-refractivity contribution in [3.05, 3.63) is 34.9 Å². The van der Waals surface area contributed by atoms with Gasteiger partial charge in [0.25, 0.3) is 17.7 Å². The van der Waals surface area contributed by atoms with Gasteiger partial charge in [-0.15, -0.1) is 12.4 Å². The Hall–Kier alpha value is -1.92. The van der Waals surface area contributed by atoms with Crippen LogP contribution in [-0.2, 0) is 0 Å². The number of nitrogens with zero attached hydrogens (tertiary/aromatic N) is 1. The second-order valence-electron chi connectivity index (χ2n) is 4.64. The van der Waals surface area contributed by atoms with Gasteiger partial charge in [0, 0.05) is 19.2 Å². The first-order chi connectivity index (χ1) is 9.56. The molecule has 0 fully saturated rings. The number of amides is 3. The van der Waals surface area contributed by atoms with Crippen LogP contribution in [0.2, 0.25) is 0 Å². The third-order valence-corrected chi connectivity index (χ3v) is 3.24. The lowest BCUT2D eigenvalue weighted by molar-refractivity contribution is 0.0693. The molecule has 7 heteroatoms. The van der Waals surface area contributed by atoms with Crippen LogP contribution in [0, 0.1) is 0 Å². The minimum Gasteiger partial charge on any atom is -0.352 e. The van der Waals surface area contributed by atoms with E-state index in [1.54, 1.807) is 6.07 Å². The van der Waals surface area contributed by atoms with Gasteiger partial charge in [0.1, 0.15) is 0 Å². The van der Waals surface area contributed by atoms with E-state index in [1.807, 2.05) is 7.05 Å². The maximum atomic E-state index is 11.9. The first kappa shape index (κ1) is 17.1. The molecule has 0 saturated heterocycles. The summed E-state index contributed by atoms with van der Waals surface area (Å²) in [5.41, 5.74) is 1.04. The molecular weight excluding hydrogens is 294 g/mol. The van der Waals surface area contributed by atoms with Gasteiger partial charge in [-0.3, -0.25) is 19.3 Å². The number of fused-ring (bicyclic) bond motifs is 1. The lowest BCUT2D eigenvalue weighted by Gasteiger charge is -2.05. The van der Waals surface area contributed by atoms with Gasteiger partial charge in [-0.25, -0.2) is 0 Å². The first-order valence-electron chi connectivity index (χ1n) is 6.45. The molecule has 2 N–H and O–H groups in total. The number of benzene rings is 1. The fourth-order valence-corrected chi connectivity index (χ4v) is 2.07. The lowest BCUT2D eigenvalue weighted by Crippen LogP contribution is -2.26. The SMILES string of the molecule is CNCCCNC(=O)c1ccc2c(c1)C(=O)N(C)C2=O.Cl. The number of nitrogens with one attached hydrogen (secondary N) is 2. The third kappa shape index (κ3) is 3.40. The van der Waals surface area contributed by atoms with Gasteiger partial charge in [0.15, 0.2) is 0 Å². The molecule has 0 atom stereocenters. The number of imide groups is 1. The van der Waals surface area contributed by atoms with Gasteiger partial charge in [-0.1, -0.05) is 0 Å². The van der Waals surface area contributed by atoms with Crippen molar-refractivity contribution in [2.45, 2.75) is 6.42 Å². The molecule has 0 saturated carbocycles. The highest BCUT2D eigenvalue weighted by Crippen LogP contribution is 2.22. The van der Waals surface area contributed by atoms with Crippen molar-refractivity contribution < 1.29 is 14.4 Å². The summed E-state index contributed by atoms with van der Waals surface area (Å²) in [5, 5.41) is 5.77. The number of carbonyl (C=O) groups excluding carboxylic acids is 3. The Morgan fingerprint density at radius 2 is 1.81 bits per heavy atom. The molecular formula is C14H18ClN3O3. The molecule has 1 aromatic carbocycles. The van der Waals surface area contributed by atoms with E-state index in [-0.39, 0.29) is 30.1 Å².